The van der Waals surface area contributed by atoms with Crippen molar-refractivity contribution in [2.45, 2.75) is 90.4 Å². The van der Waals surface area contributed by atoms with Crippen molar-refractivity contribution in [2.75, 3.05) is 0 Å². The Bertz CT molecular complexity index is 731. The largest absolute Gasteiger partial charge is 0.481 e. The van der Waals surface area contributed by atoms with Crippen LogP contribution >= 0.6 is 0 Å². The van der Waals surface area contributed by atoms with Crippen molar-refractivity contribution in [2.24, 2.45) is 22.7 Å². The van der Waals surface area contributed by atoms with Crippen LogP contribution in [0.25, 0.3) is 0 Å². The summed E-state index contributed by atoms with van der Waals surface area (Å²) in [5.41, 5.74) is -1.21. The van der Waals surface area contributed by atoms with E-state index in [2.05, 4.69) is 26.8 Å². The van der Waals surface area contributed by atoms with Crippen LogP contribution < -0.4 is 0 Å². The molecule has 3 aliphatic carbocycles. The molecule has 0 aromatic carbocycles. The predicted octanol–water partition coefficient (Wildman–Crippen LogP) is 4.03. The summed E-state index contributed by atoms with van der Waals surface area (Å²) in [4.78, 5) is 36.4. The topological polar surface area (TPSA) is 82.1 Å². The van der Waals surface area contributed by atoms with Crippen molar-refractivity contribution in [3.05, 3.63) is 11.6 Å². The minimum atomic E-state index is -1.15. The van der Waals surface area contributed by atoms with E-state index in [9.17, 15) is 14.7 Å². The van der Waals surface area contributed by atoms with Crippen molar-refractivity contribution in [3.63, 3.8) is 0 Å². The first-order valence-electron chi connectivity index (χ1n) is 10.5. The number of rotatable bonds is 3. The Kier molecular flexibility index (Phi) is 4.30. The molecule has 1 saturated heterocycles. The van der Waals surface area contributed by atoms with Gasteiger partial charge in [0.2, 0.25) is 0 Å². The third-order valence-corrected chi connectivity index (χ3v) is 8.60. The molecule has 5 rings (SSSR count). The fourth-order valence-corrected chi connectivity index (χ4v) is 6.76. The van der Waals surface area contributed by atoms with Gasteiger partial charge in [-0.25, -0.2) is 9.78 Å². The van der Waals surface area contributed by atoms with Gasteiger partial charge in [-0.05, 0) is 68.9 Å². The smallest absolute Gasteiger partial charge is 0.313 e. The molecule has 2 aliphatic heterocycles. The van der Waals surface area contributed by atoms with Crippen LogP contribution in [0.2, 0.25) is 0 Å². The average Bonchev–Trinajstić information content (AvgIpc) is 2.64. The molecule has 5 aliphatic rings. The second-order valence-corrected chi connectivity index (χ2v) is 10.0. The summed E-state index contributed by atoms with van der Waals surface area (Å²) in [6, 6.07) is 0. The molecule has 156 valence electrons. The van der Waals surface area contributed by atoms with Gasteiger partial charge in [0.05, 0.1) is 0 Å². The zero-order valence-corrected chi connectivity index (χ0v) is 17.5. The summed E-state index contributed by atoms with van der Waals surface area (Å²) >= 11 is 0. The third kappa shape index (κ3) is 2.28. The highest BCUT2D eigenvalue weighted by molar-refractivity contribution is 5.77. The number of carbonyl (C=O) groups excluding carboxylic acids is 1. The second kappa shape index (κ2) is 6.05. The molecule has 2 bridgehead atoms. The van der Waals surface area contributed by atoms with E-state index < -0.39 is 29.1 Å². The molecule has 6 atom stereocenters. The van der Waals surface area contributed by atoms with Crippen LogP contribution in [-0.2, 0) is 24.1 Å². The summed E-state index contributed by atoms with van der Waals surface area (Å²) in [6.07, 6.45) is 6.20. The third-order valence-electron chi connectivity index (χ3n) is 8.60. The van der Waals surface area contributed by atoms with Crippen LogP contribution in [0, 0.1) is 22.7 Å². The first-order chi connectivity index (χ1) is 13.0. The van der Waals surface area contributed by atoms with Crippen molar-refractivity contribution in [1.29, 1.82) is 0 Å². The number of carboxylic acid groups (broad SMARTS) is 1. The van der Waals surface area contributed by atoms with Crippen LogP contribution in [0.4, 0.5) is 0 Å². The van der Waals surface area contributed by atoms with Crippen LogP contribution in [0.1, 0.15) is 73.1 Å². The van der Waals surface area contributed by atoms with Gasteiger partial charge in [0.1, 0.15) is 22.7 Å². The maximum Gasteiger partial charge on any atom is 0.313 e. The van der Waals surface area contributed by atoms with Crippen LogP contribution in [0.15, 0.2) is 11.6 Å². The Morgan fingerprint density at radius 3 is 2.43 bits per heavy atom. The number of hydrogen-bond acceptors (Lipinski definition) is 5. The second-order valence-electron chi connectivity index (χ2n) is 10.0. The Hall–Kier alpha value is -1.40. The summed E-state index contributed by atoms with van der Waals surface area (Å²) in [5, 5.41) is 10.2. The maximum atomic E-state index is 12.5. The van der Waals surface area contributed by atoms with Gasteiger partial charge >= 0.3 is 11.9 Å². The van der Waals surface area contributed by atoms with Gasteiger partial charge in [0.15, 0.2) is 0 Å². The quantitative estimate of drug-likeness (QED) is 0.443. The molecular weight excluding hydrogens is 360 g/mol. The van der Waals surface area contributed by atoms with E-state index in [0.717, 1.165) is 32.1 Å². The molecule has 0 unspecified atom stereocenters. The lowest BCUT2D eigenvalue weighted by Crippen LogP contribution is -2.70. The molecule has 3 fully saturated rings. The van der Waals surface area contributed by atoms with Crippen molar-refractivity contribution >= 4 is 11.9 Å². The van der Waals surface area contributed by atoms with Crippen molar-refractivity contribution in [1.82, 2.24) is 0 Å². The Morgan fingerprint density at radius 2 is 1.89 bits per heavy atom. The number of carbonyl (C=O) groups is 2. The molecule has 2 saturated carbocycles. The van der Waals surface area contributed by atoms with Gasteiger partial charge in [0.25, 0.3) is 0 Å². The van der Waals surface area contributed by atoms with Gasteiger partial charge < -0.3 is 9.84 Å². The first kappa shape index (κ1) is 19.9. The van der Waals surface area contributed by atoms with E-state index in [-0.39, 0.29) is 16.9 Å². The standard InChI is InChI=1S/C22H32O6/c1-13(2)21-10-11-22(28-27-21)15(12-21)6-7-16-19(22,4)9-8-17(26-14(3)23)20(16,5)18(24)25/h12-13,16-17H,6-11H2,1-5H3,(H,24,25)/t16-,17-,19-,20-,21-,22+/m0/s1. The minimum Gasteiger partial charge on any atom is -0.481 e. The highest BCUT2D eigenvalue weighted by atomic mass is 17.2. The van der Waals surface area contributed by atoms with E-state index in [1.807, 2.05) is 0 Å². The van der Waals surface area contributed by atoms with Gasteiger partial charge in [0, 0.05) is 12.3 Å². The number of aliphatic carboxylic acids is 1. The monoisotopic (exact) mass is 392 g/mol. The number of fused-ring (bicyclic) bond motifs is 3. The molecule has 0 aromatic heterocycles. The highest BCUT2D eigenvalue weighted by Crippen LogP contribution is 2.69. The number of hydrogen-bond donors (Lipinski definition) is 1. The van der Waals surface area contributed by atoms with E-state index >= 15 is 0 Å². The Labute approximate surface area is 166 Å². The fraction of sp³-hybridized carbons (Fsp3) is 0.818. The highest BCUT2D eigenvalue weighted by Gasteiger charge is 2.71. The predicted molar refractivity (Wildman–Crippen MR) is 101 cm³/mol. The molecule has 1 N–H and O–H groups in total. The lowest BCUT2D eigenvalue weighted by molar-refractivity contribution is -0.466. The lowest BCUT2D eigenvalue weighted by Gasteiger charge is -2.67. The SMILES string of the molecule is CC(=O)O[C@H]1CC[C@@]2(C)[C@H](CCC3=C[C@]4(C(C)C)CC[C@@]32OO4)[C@]1(C)C(=O)O. The lowest BCUT2D eigenvalue weighted by atomic mass is 9.42. The molecule has 2 heterocycles. The van der Waals surface area contributed by atoms with Crippen molar-refractivity contribution in [3.8, 4) is 0 Å². The molecule has 6 nitrogen and oxygen atoms in total. The Balaban J connectivity index is 1.78. The van der Waals surface area contributed by atoms with Gasteiger partial charge in [-0.1, -0.05) is 20.8 Å². The molecule has 28 heavy (non-hydrogen) atoms. The first-order valence-corrected chi connectivity index (χ1v) is 10.5. The van der Waals surface area contributed by atoms with Crippen LogP contribution in [-0.4, -0.2) is 34.4 Å². The van der Waals surface area contributed by atoms with E-state index in [0.29, 0.717) is 12.3 Å². The minimum absolute atomic E-state index is 0.166. The fourth-order valence-electron chi connectivity index (χ4n) is 6.76. The molecule has 0 radical (unpaired) electrons. The number of esters is 1. The number of ether oxygens (including phenoxy) is 1. The number of carboxylic acids is 1. The molecule has 0 amide bonds. The Morgan fingerprint density at radius 1 is 1.18 bits per heavy atom. The van der Waals surface area contributed by atoms with Crippen LogP contribution in [0.5, 0.6) is 0 Å². The maximum absolute atomic E-state index is 12.5. The zero-order chi connectivity index (χ0) is 20.5. The molecule has 1 spiro atoms. The normalized spacial score (nSPS) is 47.1. The summed E-state index contributed by atoms with van der Waals surface area (Å²) in [7, 11) is 0. The average molecular weight is 392 g/mol. The molecule has 0 aromatic rings. The van der Waals surface area contributed by atoms with Gasteiger partial charge in [-0.2, -0.15) is 0 Å². The van der Waals surface area contributed by atoms with Gasteiger partial charge in [-0.15, -0.1) is 0 Å². The van der Waals surface area contributed by atoms with Crippen LogP contribution in [0.3, 0.4) is 0 Å². The summed E-state index contributed by atoms with van der Waals surface area (Å²) < 4.78 is 5.52. The van der Waals surface area contributed by atoms with Crippen molar-refractivity contribution < 1.29 is 29.2 Å². The summed E-state index contributed by atoms with van der Waals surface area (Å²) in [5.74, 6) is -1.18. The zero-order valence-electron chi connectivity index (χ0n) is 17.5. The van der Waals surface area contributed by atoms with E-state index in [1.165, 1.54) is 12.5 Å². The summed E-state index contributed by atoms with van der Waals surface area (Å²) in [6.45, 7) is 9.56. The molecular formula is C22H32O6. The van der Waals surface area contributed by atoms with E-state index in [4.69, 9.17) is 14.5 Å². The molecule has 6 heteroatoms. The van der Waals surface area contributed by atoms with Gasteiger partial charge in [-0.3, -0.25) is 9.59 Å². The van der Waals surface area contributed by atoms with E-state index in [1.54, 1.807) is 6.92 Å².